The summed E-state index contributed by atoms with van der Waals surface area (Å²) in [6.45, 7) is 8.34. The van der Waals surface area contributed by atoms with Gasteiger partial charge in [-0.1, -0.05) is 25.7 Å². The molecule has 4 amide bonds. The van der Waals surface area contributed by atoms with Gasteiger partial charge in [-0.2, -0.15) is 0 Å². The topological polar surface area (TPSA) is 311 Å². The van der Waals surface area contributed by atoms with Crippen LogP contribution in [0.1, 0.15) is 93.9 Å². The van der Waals surface area contributed by atoms with Crippen molar-refractivity contribution in [3.8, 4) is 0 Å². The fourth-order valence-electron chi connectivity index (χ4n) is 6.41. The molecule has 0 aromatic rings. The van der Waals surface area contributed by atoms with Gasteiger partial charge in [-0.15, -0.1) is 0 Å². The Labute approximate surface area is 357 Å². The summed E-state index contributed by atoms with van der Waals surface area (Å²) in [5, 5.41) is 10.5. The minimum Gasteiger partial charge on any atom is -0.463 e. The van der Waals surface area contributed by atoms with Crippen molar-refractivity contribution in [2.75, 3.05) is 26.3 Å². The molecule has 0 aromatic heterocycles. The Hall–Kier alpha value is -5.78. The van der Waals surface area contributed by atoms with Crippen molar-refractivity contribution >= 4 is 59.8 Å². The molecule has 24 nitrogen and oxygen atoms in total. The van der Waals surface area contributed by atoms with E-state index in [4.69, 9.17) is 47.4 Å². The monoisotopic (exact) mass is 890 g/mol. The molecule has 2 saturated heterocycles. The van der Waals surface area contributed by atoms with Crippen molar-refractivity contribution in [2.45, 2.75) is 155 Å². The molecule has 0 radical (unpaired) electrons. The maximum atomic E-state index is 13.0. The molecule has 350 valence electrons. The third-order valence-corrected chi connectivity index (χ3v) is 8.74. The van der Waals surface area contributed by atoms with Crippen LogP contribution in [0.2, 0.25) is 0 Å². The molecular formula is C38H58N4O20. The molecule has 10 atom stereocenters. The van der Waals surface area contributed by atoms with Crippen LogP contribution in [0.5, 0.6) is 0 Å². The summed E-state index contributed by atoms with van der Waals surface area (Å²) in [4.78, 5) is 121. The molecule has 0 unspecified atom stereocenters. The fourth-order valence-corrected chi connectivity index (χ4v) is 6.41. The van der Waals surface area contributed by atoms with Crippen LogP contribution in [-0.2, 0) is 85.7 Å². The van der Waals surface area contributed by atoms with Gasteiger partial charge in [0, 0.05) is 68.5 Å². The second kappa shape index (κ2) is 26.5. The molecule has 24 heteroatoms. The van der Waals surface area contributed by atoms with Crippen molar-refractivity contribution in [2.24, 2.45) is 0 Å². The number of ether oxygens (including phenoxy) is 10. The Morgan fingerprint density at radius 2 is 0.677 bits per heavy atom. The Morgan fingerprint density at radius 3 is 0.968 bits per heavy atom. The SMILES string of the molecule is CC(=O)OC[C@H]1O[C@@H](OC(C)=O)[C@H](NC(=O)NCCCCCCCCNC(=O)N[C@H]2[C@H](OC(C)=O)O[C@H](COC(C)=O)[C@@H](OC(C)=O)[C@@H]2OC(C)=O)[C@@H](OC(C)=O)[C@@H]1OC(C)=O. The van der Waals surface area contributed by atoms with Crippen LogP contribution in [0.15, 0.2) is 0 Å². The Balaban J connectivity index is 1.89. The number of hydrogen-bond donors (Lipinski definition) is 4. The van der Waals surface area contributed by atoms with E-state index in [0.717, 1.165) is 68.2 Å². The van der Waals surface area contributed by atoms with Gasteiger partial charge in [0.15, 0.2) is 24.4 Å². The van der Waals surface area contributed by atoms with E-state index in [1.165, 1.54) is 0 Å². The summed E-state index contributed by atoms with van der Waals surface area (Å²) in [5.74, 6) is -6.18. The third-order valence-electron chi connectivity index (χ3n) is 8.74. The predicted molar refractivity (Wildman–Crippen MR) is 205 cm³/mol. The maximum absolute atomic E-state index is 13.0. The van der Waals surface area contributed by atoms with Gasteiger partial charge in [-0.3, -0.25) is 38.4 Å². The van der Waals surface area contributed by atoms with Crippen molar-refractivity contribution in [1.82, 2.24) is 21.3 Å². The highest BCUT2D eigenvalue weighted by molar-refractivity contribution is 5.76. The van der Waals surface area contributed by atoms with Crippen LogP contribution >= 0.6 is 0 Å². The van der Waals surface area contributed by atoms with E-state index in [1.807, 2.05) is 0 Å². The fraction of sp³-hybridized carbons (Fsp3) is 0.737. The first-order valence-corrected chi connectivity index (χ1v) is 19.9. The zero-order chi connectivity index (χ0) is 46.5. The number of urea groups is 2. The average Bonchev–Trinajstić information content (AvgIpc) is 3.14. The normalized spacial score (nSPS) is 25.3. The Kier molecular flexibility index (Phi) is 22.4. The van der Waals surface area contributed by atoms with E-state index in [0.29, 0.717) is 25.7 Å². The molecule has 4 N–H and O–H groups in total. The Morgan fingerprint density at radius 1 is 0.387 bits per heavy atom. The van der Waals surface area contributed by atoms with Crippen molar-refractivity contribution < 1.29 is 95.3 Å². The van der Waals surface area contributed by atoms with E-state index in [2.05, 4.69) is 21.3 Å². The number of rotatable bonds is 21. The molecule has 0 bridgehead atoms. The molecule has 0 aliphatic carbocycles. The Bertz CT molecular complexity index is 1480. The van der Waals surface area contributed by atoms with E-state index in [1.54, 1.807) is 0 Å². The van der Waals surface area contributed by atoms with Crippen molar-refractivity contribution in [3.63, 3.8) is 0 Å². The van der Waals surface area contributed by atoms with Crippen molar-refractivity contribution in [3.05, 3.63) is 0 Å². The van der Waals surface area contributed by atoms with Gasteiger partial charge < -0.3 is 68.6 Å². The first-order valence-electron chi connectivity index (χ1n) is 19.9. The van der Waals surface area contributed by atoms with Crippen LogP contribution in [0.4, 0.5) is 9.59 Å². The van der Waals surface area contributed by atoms with E-state index >= 15 is 0 Å². The summed E-state index contributed by atoms with van der Waals surface area (Å²) >= 11 is 0. The molecule has 0 saturated carbocycles. The third kappa shape index (κ3) is 19.3. The van der Waals surface area contributed by atoms with Crippen LogP contribution in [0, 0.1) is 0 Å². The van der Waals surface area contributed by atoms with Gasteiger partial charge in [-0.25, -0.2) is 9.59 Å². The van der Waals surface area contributed by atoms with Crippen LogP contribution in [-0.4, -0.2) is 147 Å². The average molecular weight is 891 g/mol. The number of unbranched alkanes of at least 4 members (excludes halogenated alkanes) is 5. The van der Waals surface area contributed by atoms with E-state index in [-0.39, 0.29) is 13.1 Å². The first-order chi connectivity index (χ1) is 29.2. The number of hydrogen-bond acceptors (Lipinski definition) is 20. The largest absolute Gasteiger partial charge is 0.463 e. The van der Waals surface area contributed by atoms with Gasteiger partial charge in [0.05, 0.1) is 0 Å². The van der Waals surface area contributed by atoms with Crippen LogP contribution in [0.25, 0.3) is 0 Å². The standard InChI is InChI=1S/C38H58N4O20/c1-19(43)53-17-27-31(55-21(3)45)33(57-23(5)47)29(35(61-27)59-25(7)49)41-37(51)39-15-13-11-9-10-12-14-16-40-38(52)42-30-34(58-24(6)48)32(56-22(4)46)28(18-54-20(2)44)62-36(30)60-26(8)50/h27-36H,9-18H2,1-8H3,(H2,39,41,51)(H2,40,42,52)/t27-,28-,29-,30-,31-,32-,33-,34-,35-,36-/m1/s1. The zero-order valence-corrected chi connectivity index (χ0v) is 36.0. The van der Waals surface area contributed by atoms with Crippen LogP contribution in [0.3, 0.4) is 0 Å². The zero-order valence-electron chi connectivity index (χ0n) is 36.0. The lowest BCUT2D eigenvalue weighted by Gasteiger charge is -2.44. The highest BCUT2D eigenvalue weighted by atomic mass is 16.7. The second-order valence-electron chi connectivity index (χ2n) is 14.2. The molecular weight excluding hydrogens is 832 g/mol. The number of carbonyl (C=O) groups is 10. The summed E-state index contributed by atoms with van der Waals surface area (Å²) in [6, 6.07) is -4.17. The van der Waals surface area contributed by atoms with Gasteiger partial charge >= 0.3 is 59.8 Å². The minimum atomic E-state index is -1.53. The summed E-state index contributed by atoms with van der Waals surface area (Å²) in [5.41, 5.74) is 0. The van der Waals surface area contributed by atoms with E-state index in [9.17, 15) is 47.9 Å². The molecule has 0 aromatic carbocycles. The highest BCUT2D eigenvalue weighted by Gasteiger charge is 2.54. The molecule has 2 aliphatic heterocycles. The van der Waals surface area contributed by atoms with Crippen LogP contribution < -0.4 is 21.3 Å². The number of carbonyl (C=O) groups excluding carboxylic acids is 10. The lowest BCUT2D eigenvalue weighted by Crippen LogP contribution is -2.67. The molecule has 2 heterocycles. The number of nitrogens with one attached hydrogen (secondary N) is 4. The maximum Gasteiger partial charge on any atom is 0.315 e. The minimum absolute atomic E-state index is 0.219. The summed E-state index contributed by atoms with van der Waals surface area (Å²) < 4.78 is 53.6. The van der Waals surface area contributed by atoms with E-state index < -0.39 is 134 Å². The summed E-state index contributed by atoms with van der Waals surface area (Å²) in [7, 11) is 0. The van der Waals surface area contributed by atoms with Gasteiger partial charge in [0.2, 0.25) is 12.6 Å². The van der Waals surface area contributed by atoms with Gasteiger partial charge in [0.25, 0.3) is 0 Å². The molecule has 2 rings (SSSR count). The molecule has 0 spiro atoms. The number of amides is 4. The molecule has 62 heavy (non-hydrogen) atoms. The van der Waals surface area contributed by atoms with Gasteiger partial charge in [0.1, 0.15) is 37.5 Å². The number of esters is 8. The molecule has 2 fully saturated rings. The predicted octanol–water partition coefficient (Wildman–Crippen LogP) is 0.0916. The van der Waals surface area contributed by atoms with Crippen molar-refractivity contribution in [1.29, 1.82) is 0 Å². The second-order valence-corrected chi connectivity index (χ2v) is 14.2. The van der Waals surface area contributed by atoms with Gasteiger partial charge in [-0.05, 0) is 12.8 Å². The molecule has 2 aliphatic rings. The quantitative estimate of drug-likeness (QED) is 0.0674. The highest BCUT2D eigenvalue weighted by Crippen LogP contribution is 2.29. The lowest BCUT2D eigenvalue weighted by atomic mass is 9.96. The smallest absolute Gasteiger partial charge is 0.315 e. The lowest BCUT2D eigenvalue weighted by molar-refractivity contribution is -0.270. The first kappa shape index (κ1) is 52.4. The summed E-state index contributed by atoms with van der Waals surface area (Å²) in [6.07, 6.45) is -7.01.